The van der Waals surface area contributed by atoms with Crippen LogP contribution in [0.25, 0.3) is 0 Å². The van der Waals surface area contributed by atoms with Crippen molar-refractivity contribution in [2.45, 2.75) is 25.3 Å². The van der Waals surface area contributed by atoms with Gasteiger partial charge < -0.3 is 24.4 Å². The normalized spacial score (nSPS) is 14.2. The second-order valence-electron chi connectivity index (χ2n) is 7.30. The molecule has 0 saturated carbocycles. The Hall–Kier alpha value is -3.15. The number of carbonyl (C=O) groups is 1. The van der Waals surface area contributed by atoms with Gasteiger partial charge >= 0.3 is 0 Å². The Bertz CT molecular complexity index is 872. The Kier molecular flexibility index (Phi) is 7.22. The zero-order valence-electron chi connectivity index (χ0n) is 17.9. The number of carbonyl (C=O) groups excluding carboxylic acids is 1. The average molecular weight is 411 g/mol. The highest BCUT2D eigenvalue weighted by Gasteiger charge is 2.23. The van der Waals surface area contributed by atoms with E-state index >= 15 is 0 Å². The third kappa shape index (κ3) is 4.87. The van der Waals surface area contributed by atoms with Crippen molar-refractivity contribution in [3.8, 4) is 17.2 Å². The molecule has 160 valence electrons. The summed E-state index contributed by atoms with van der Waals surface area (Å²) in [5.74, 6) is 1.95. The first-order valence-corrected chi connectivity index (χ1v) is 10.1. The number of allylic oxidation sites excluding steroid dienone is 1. The van der Waals surface area contributed by atoms with E-state index in [1.807, 2.05) is 18.2 Å². The van der Waals surface area contributed by atoms with Crippen LogP contribution in [0.1, 0.15) is 28.8 Å². The van der Waals surface area contributed by atoms with Crippen molar-refractivity contribution in [1.29, 1.82) is 0 Å². The quantitative estimate of drug-likeness (QED) is 0.670. The molecular weight excluding hydrogens is 380 g/mol. The molecule has 1 amide bonds. The smallest absolute Gasteiger partial charge is 0.251 e. The van der Waals surface area contributed by atoms with Gasteiger partial charge in [-0.2, -0.15) is 0 Å². The number of nitrogens with zero attached hydrogens (tertiary/aromatic N) is 1. The number of methoxy groups -OCH3 is 3. The average Bonchev–Trinajstić information content (AvgIpc) is 2.79. The maximum atomic E-state index is 12.9. The lowest BCUT2D eigenvalue weighted by molar-refractivity contribution is 0.0930. The van der Waals surface area contributed by atoms with Gasteiger partial charge in [-0.1, -0.05) is 6.08 Å². The molecule has 0 atom stereocenters. The number of amides is 1. The van der Waals surface area contributed by atoms with Crippen molar-refractivity contribution in [3.63, 3.8) is 0 Å². The SMILES string of the molecule is C=CCc1cc(C(=O)NC2CCN(c3ccc(OC)cc3)CC2)cc(OC)c1OC. The van der Waals surface area contributed by atoms with Crippen LogP contribution < -0.4 is 24.4 Å². The molecule has 0 unspecified atom stereocenters. The number of piperidine rings is 1. The molecule has 3 rings (SSSR count). The van der Waals surface area contributed by atoms with E-state index in [9.17, 15) is 4.79 Å². The number of ether oxygens (including phenoxy) is 3. The highest BCUT2D eigenvalue weighted by atomic mass is 16.5. The molecule has 1 N–H and O–H groups in total. The molecule has 1 aliphatic rings. The van der Waals surface area contributed by atoms with Crippen molar-refractivity contribution in [3.05, 3.63) is 60.2 Å². The lowest BCUT2D eigenvalue weighted by Gasteiger charge is -2.34. The lowest BCUT2D eigenvalue weighted by Crippen LogP contribution is -2.44. The molecule has 1 saturated heterocycles. The zero-order chi connectivity index (χ0) is 21.5. The first kappa shape index (κ1) is 21.6. The molecule has 0 spiro atoms. The predicted octanol–water partition coefficient (Wildman–Crippen LogP) is 3.84. The lowest BCUT2D eigenvalue weighted by atomic mass is 10.0. The molecule has 2 aromatic carbocycles. The Morgan fingerprint density at radius 2 is 1.80 bits per heavy atom. The van der Waals surface area contributed by atoms with Crippen LogP contribution >= 0.6 is 0 Å². The minimum absolute atomic E-state index is 0.0934. The monoisotopic (exact) mass is 410 g/mol. The molecule has 6 nitrogen and oxygen atoms in total. The third-order valence-corrected chi connectivity index (χ3v) is 5.45. The first-order chi connectivity index (χ1) is 14.6. The van der Waals surface area contributed by atoms with E-state index in [0.717, 1.165) is 37.2 Å². The van der Waals surface area contributed by atoms with Crippen LogP contribution in [0.15, 0.2) is 49.1 Å². The third-order valence-electron chi connectivity index (χ3n) is 5.45. The highest BCUT2D eigenvalue weighted by molar-refractivity contribution is 5.95. The molecular formula is C24H30N2O4. The Balaban J connectivity index is 1.64. The summed E-state index contributed by atoms with van der Waals surface area (Å²) in [5.41, 5.74) is 2.63. The van der Waals surface area contributed by atoms with Gasteiger partial charge in [-0.25, -0.2) is 0 Å². The molecule has 1 fully saturated rings. The molecule has 0 bridgehead atoms. The van der Waals surface area contributed by atoms with Crippen molar-refractivity contribution in [1.82, 2.24) is 5.32 Å². The van der Waals surface area contributed by atoms with E-state index in [1.54, 1.807) is 33.5 Å². The largest absolute Gasteiger partial charge is 0.497 e. The van der Waals surface area contributed by atoms with E-state index in [0.29, 0.717) is 23.5 Å². The van der Waals surface area contributed by atoms with E-state index in [4.69, 9.17) is 14.2 Å². The van der Waals surface area contributed by atoms with Crippen LogP contribution in [0.5, 0.6) is 17.2 Å². The molecule has 0 aromatic heterocycles. The fourth-order valence-electron chi connectivity index (χ4n) is 3.83. The van der Waals surface area contributed by atoms with E-state index < -0.39 is 0 Å². The summed E-state index contributed by atoms with van der Waals surface area (Å²) < 4.78 is 16.1. The standard InChI is InChI=1S/C24H30N2O4/c1-5-6-17-15-18(16-22(29-3)23(17)30-4)24(27)25-19-11-13-26(14-12-19)20-7-9-21(28-2)10-8-20/h5,7-10,15-16,19H,1,6,11-14H2,2-4H3,(H,25,27). The predicted molar refractivity (Wildman–Crippen MR) is 119 cm³/mol. The first-order valence-electron chi connectivity index (χ1n) is 10.1. The number of hydrogen-bond donors (Lipinski definition) is 1. The molecule has 30 heavy (non-hydrogen) atoms. The van der Waals surface area contributed by atoms with Crippen LogP contribution in [0.4, 0.5) is 5.69 Å². The summed E-state index contributed by atoms with van der Waals surface area (Å²) in [6.45, 7) is 5.58. The number of nitrogens with one attached hydrogen (secondary N) is 1. The zero-order valence-corrected chi connectivity index (χ0v) is 17.9. The minimum Gasteiger partial charge on any atom is -0.497 e. The van der Waals surface area contributed by atoms with E-state index in [-0.39, 0.29) is 11.9 Å². The molecule has 0 aliphatic carbocycles. The van der Waals surface area contributed by atoms with Gasteiger partial charge in [-0.15, -0.1) is 6.58 Å². The molecule has 0 radical (unpaired) electrons. The maximum Gasteiger partial charge on any atom is 0.251 e. The van der Waals surface area contributed by atoms with E-state index in [2.05, 4.69) is 28.9 Å². The van der Waals surface area contributed by atoms with Crippen LogP contribution in [-0.2, 0) is 6.42 Å². The van der Waals surface area contributed by atoms with Crippen LogP contribution in [-0.4, -0.2) is 46.4 Å². The second kappa shape index (κ2) is 10.1. The van der Waals surface area contributed by atoms with Gasteiger partial charge in [0.25, 0.3) is 5.91 Å². The summed E-state index contributed by atoms with van der Waals surface area (Å²) in [6.07, 6.45) is 4.17. The summed E-state index contributed by atoms with van der Waals surface area (Å²) in [6, 6.07) is 11.8. The van der Waals surface area contributed by atoms with E-state index in [1.165, 1.54) is 5.69 Å². The molecule has 2 aromatic rings. The van der Waals surface area contributed by atoms with Gasteiger partial charge in [0.2, 0.25) is 0 Å². The van der Waals surface area contributed by atoms with Gasteiger partial charge in [-0.3, -0.25) is 4.79 Å². The van der Waals surface area contributed by atoms with Crippen molar-refractivity contribution >= 4 is 11.6 Å². The van der Waals surface area contributed by atoms with Crippen molar-refractivity contribution < 1.29 is 19.0 Å². The van der Waals surface area contributed by atoms with Gasteiger partial charge in [0.1, 0.15) is 5.75 Å². The summed E-state index contributed by atoms with van der Waals surface area (Å²) in [4.78, 5) is 15.2. The number of anilines is 1. The van der Waals surface area contributed by atoms with Crippen LogP contribution in [0.2, 0.25) is 0 Å². The minimum atomic E-state index is -0.0934. The van der Waals surface area contributed by atoms with Crippen LogP contribution in [0.3, 0.4) is 0 Å². The highest BCUT2D eigenvalue weighted by Crippen LogP contribution is 2.33. The fraction of sp³-hybridized carbons (Fsp3) is 0.375. The number of benzene rings is 2. The second-order valence-corrected chi connectivity index (χ2v) is 7.30. The van der Waals surface area contributed by atoms with Gasteiger partial charge in [0.05, 0.1) is 21.3 Å². The van der Waals surface area contributed by atoms with Crippen LogP contribution in [0, 0.1) is 0 Å². The topological polar surface area (TPSA) is 60.0 Å². The Labute approximate surface area is 178 Å². The van der Waals surface area contributed by atoms with Gasteiger partial charge in [0, 0.05) is 35.9 Å². The number of hydrogen-bond acceptors (Lipinski definition) is 5. The molecule has 6 heteroatoms. The summed E-state index contributed by atoms with van der Waals surface area (Å²) in [7, 11) is 4.84. The molecule has 1 heterocycles. The van der Waals surface area contributed by atoms with Gasteiger partial charge in [0.15, 0.2) is 11.5 Å². The molecule has 1 aliphatic heterocycles. The Morgan fingerprint density at radius 3 is 2.37 bits per heavy atom. The van der Waals surface area contributed by atoms with Gasteiger partial charge in [-0.05, 0) is 55.7 Å². The number of rotatable bonds is 8. The fourth-order valence-corrected chi connectivity index (χ4v) is 3.83. The summed E-state index contributed by atoms with van der Waals surface area (Å²) in [5, 5.41) is 3.18. The maximum absolute atomic E-state index is 12.9. The van der Waals surface area contributed by atoms with Crippen molar-refractivity contribution in [2.75, 3.05) is 39.3 Å². The van der Waals surface area contributed by atoms with Crippen molar-refractivity contribution in [2.24, 2.45) is 0 Å². The summed E-state index contributed by atoms with van der Waals surface area (Å²) >= 11 is 0. The Morgan fingerprint density at radius 1 is 1.10 bits per heavy atom.